The third-order valence-corrected chi connectivity index (χ3v) is 5.19. The third kappa shape index (κ3) is 2.29. The number of fused-ring (bicyclic) bond motifs is 4. The quantitative estimate of drug-likeness (QED) is 0.535. The van der Waals surface area contributed by atoms with Crippen molar-refractivity contribution in [1.29, 1.82) is 5.26 Å². The van der Waals surface area contributed by atoms with E-state index in [9.17, 15) is 10.1 Å². The summed E-state index contributed by atoms with van der Waals surface area (Å²) >= 11 is 0. The van der Waals surface area contributed by atoms with Crippen molar-refractivity contribution < 1.29 is 4.74 Å². The minimum Gasteiger partial charge on any atom is -0.439 e. The van der Waals surface area contributed by atoms with Crippen LogP contribution in [-0.2, 0) is 0 Å². The lowest BCUT2D eigenvalue weighted by Gasteiger charge is -2.26. The van der Waals surface area contributed by atoms with Crippen LogP contribution in [0.5, 0.6) is 5.75 Å². The molecule has 5 nitrogen and oxygen atoms in total. The van der Waals surface area contributed by atoms with Gasteiger partial charge in [-0.15, -0.1) is 0 Å². The van der Waals surface area contributed by atoms with Crippen LogP contribution in [0.4, 0.5) is 0 Å². The Kier molecular flexibility index (Phi) is 3.46. The van der Waals surface area contributed by atoms with Crippen LogP contribution in [0.1, 0.15) is 17.0 Å². The molecule has 0 aliphatic carbocycles. The second-order valence-electron chi connectivity index (χ2n) is 6.77. The van der Waals surface area contributed by atoms with Crippen LogP contribution >= 0.6 is 0 Å². The molecule has 0 saturated heterocycles. The Balaban J connectivity index is 1.85. The van der Waals surface area contributed by atoms with Gasteiger partial charge in [0.1, 0.15) is 17.4 Å². The highest BCUT2D eigenvalue weighted by Gasteiger charge is 2.34. The number of H-pyrrole nitrogens is 1. The first-order chi connectivity index (χ1) is 13.7. The number of nitriles is 1. The molecule has 1 aliphatic heterocycles. The molecule has 3 N–H and O–H groups in total. The number of hydrogen-bond donors (Lipinski definition) is 2. The number of nitrogens with two attached hydrogens (primary N) is 1. The Hall–Kier alpha value is -4.04. The normalized spacial score (nSPS) is 15.9. The highest BCUT2D eigenvalue weighted by molar-refractivity contribution is 5.88. The SMILES string of the molecule is N#CC1=C(N)Oc2c(c(=O)[nH]c3ccccc23)C1c1ccc2ccccc2c1. The van der Waals surface area contributed by atoms with Crippen molar-refractivity contribution in [3.8, 4) is 11.8 Å². The van der Waals surface area contributed by atoms with E-state index in [1.807, 2.05) is 66.7 Å². The molecule has 4 aromatic rings. The number of rotatable bonds is 1. The van der Waals surface area contributed by atoms with E-state index in [1.165, 1.54) is 0 Å². The fourth-order valence-corrected chi connectivity index (χ4v) is 3.89. The molecule has 5 rings (SSSR count). The Morgan fingerprint density at radius 2 is 1.75 bits per heavy atom. The van der Waals surface area contributed by atoms with E-state index in [0.29, 0.717) is 16.8 Å². The number of hydrogen-bond acceptors (Lipinski definition) is 4. The fraction of sp³-hybridized carbons (Fsp3) is 0.0435. The fourth-order valence-electron chi connectivity index (χ4n) is 3.89. The molecule has 0 spiro atoms. The summed E-state index contributed by atoms with van der Waals surface area (Å²) in [5, 5.41) is 12.6. The molecule has 0 amide bonds. The molecule has 0 fully saturated rings. The summed E-state index contributed by atoms with van der Waals surface area (Å²) in [5.74, 6) is -0.148. The van der Waals surface area contributed by atoms with Gasteiger partial charge < -0.3 is 15.5 Å². The number of aromatic amines is 1. The lowest BCUT2D eigenvalue weighted by atomic mass is 9.83. The van der Waals surface area contributed by atoms with Gasteiger partial charge in [-0.25, -0.2) is 0 Å². The highest BCUT2D eigenvalue weighted by atomic mass is 16.5. The van der Waals surface area contributed by atoms with E-state index in [2.05, 4.69) is 11.1 Å². The van der Waals surface area contributed by atoms with E-state index in [4.69, 9.17) is 10.5 Å². The van der Waals surface area contributed by atoms with Crippen molar-refractivity contribution in [3.05, 3.63) is 99.7 Å². The smallest absolute Gasteiger partial charge is 0.256 e. The number of ether oxygens (including phenoxy) is 1. The zero-order valence-corrected chi connectivity index (χ0v) is 14.8. The number of para-hydroxylation sites is 1. The Morgan fingerprint density at radius 3 is 2.57 bits per heavy atom. The van der Waals surface area contributed by atoms with Gasteiger partial charge in [-0.2, -0.15) is 5.26 Å². The van der Waals surface area contributed by atoms with Gasteiger partial charge in [0.05, 0.1) is 17.0 Å². The van der Waals surface area contributed by atoms with Gasteiger partial charge in [0, 0.05) is 5.39 Å². The average Bonchev–Trinajstić information content (AvgIpc) is 2.72. The summed E-state index contributed by atoms with van der Waals surface area (Å²) in [7, 11) is 0. The molecule has 28 heavy (non-hydrogen) atoms. The number of nitrogens with one attached hydrogen (secondary N) is 1. The van der Waals surface area contributed by atoms with Crippen molar-refractivity contribution in [2.24, 2.45) is 5.73 Å². The monoisotopic (exact) mass is 365 g/mol. The van der Waals surface area contributed by atoms with Gasteiger partial charge in [-0.1, -0.05) is 54.6 Å². The zero-order chi connectivity index (χ0) is 19.3. The molecule has 1 aromatic heterocycles. The van der Waals surface area contributed by atoms with Crippen LogP contribution in [-0.4, -0.2) is 4.98 Å². The van der Waals surface area contributed by atoms with Crippen LogP contribution < -0.4 is 16.0 Å². The largest absolute Gasteiger partial charge is 0.439 e. The molecule has 1 atom stereocenters. The molecule has 0 saturated carbocycles. The lowest BCUT2D eigenvalue weighted by Crippen LogP contribution is -2.27. The molecule has 2 heterocycles. The first-order valence-electron chi connectivity index (χ1n) is 8.88. The van der Waals surface area contributed by atoms with Crippen LogP contribution in [0, 0.1) is 11.3 Å². The summed E-state index contributed by atoms with van der Waals surface area (Å²) in [6.45, 7) is 0. The summed E-state index contributed by atoms with van der Waals surface area (Å²) in [6, 6.07) is 23.4. The van der Waals surface area contributed by atoms with Crippen LogP contribution in [0.3, 0.4) is 0 Å². The molecular weight excluding hydrogens is 350 g/mol. The van der Waals surface area contributed by atoms with Crippen molar-refractivity contribution in [1.82, 2.24) is 4.98 Å². The van der Waals surface area contributed by atoms with Gasteiger partial charge >= 0.3 is 0 Å². The van der Waals surface area contributed by atoms with Crippen LogP contribution in [0.25, 0.3) is 21.7 Å². The summed E-state index contributed by atoms with van der Waals surface area (Å²) in [5.41, 5.74) is 7.95. The number of aromatic nitrogens is 1. The molecule has 5 heteroatoms. The Labute approximate surface area is 160 Å². The van der Waals surface area contributed by atoms with E-state index in [0.717, 1.165) is 21.7 Å². The maximum Gasteiger partial charge on any atom is 0.256 e. The maximum absolute atomic E-state index is 13.0. The molecule has 0 radical (unpaired) electrons. The third-order valence-electron chi connectivity index (χ3n) is 5.19. The predicted octanol–water partition coefficient (Wildman–Crippen LogP) is 3.90. The molecule has 3 aromatic carbocycles. The van der Waals surface area contributed by atoms with Crippen molar-refractivity contribution in [2.75, 3.05) is 0 Å². The van der Waals surface area contributed by atoms with Crippen LogP contribution in [0.15, 0.2) is 83.0 Å². The van der Waals surface area contributed by atoms with Crippen molar-refractivity contribution in [2.45, 2.75) is 5.92 Å². The van der Waals surface area contributed by atoms with E-state index >= 15 is 0 Å². The van der Waals surface area contributed by atoms with Gasteiger partial charge in [0.2, 0.25) is 5.88 Å². The first-order valence-corrected chi connectivity index (χ1v) is 8.88. The number of nitrogens with zero attached hydrogens (tertiary/aromatic N) is 1. The van der Waals surface area contributed by atoms with Gasteiger partial charge in [0.25, 0.3) is 5.56 Å². The van der Waals surface area contributed by atoms with Crippen molar-refractivity contribution >= 4 is 21.7 Å². The first kappa shape index (κ1) is 16.2. The second-order valence-corrected chi connectivity index (χ2v) is 6.77. The average molecular weight is 365 g/mol. The number of pyridine rings is 1. The minimum absolute atomic E-state index is 0.0314. The topological polar surface area (TPSA) is 91.9 Å². The summed E-state index contributed by atoms with van der Waals surface area (Å²) in [4.78, 5) is 15.9. The maximum atomic E-state index is 13.0. The van der Waals surface area contributed by atoms with Gasteiger partial charge in [-0.3, -0.25) is 4.79 Å². The molecule has 0 bridgehead atoms. The Morgan fingerprint density at radius 1 is 1.00 bits per heavy atom. The van der Waals surface area contributed by atoms with E-state index in [-0.39, 0.29) is 17.0 Å². The lowest BCUT2D eigenvalue weighted by molar-refractivity contribution is 0.397. The van der Waals surface area contributed by atoms with Gasteiger partial charge in [0.15, 0.2) is 0 Å². The van der Waals surface area contributed by atoms with E-state index < -0.39 is 5.92 Å². The molecule has 1 unspecified atom stereocenters. The van der Waals surface area contributed by atoms with Crippen molar-refractivity contribution in [3.63, 3.8) is 0 Å². The van der Waals surface area contributed by atoms with Crippen LogP contribution in [0.2, 0.25) is 0 Å². The summed E-state index contributed by atoms with van der Waals surface area (Å²) < 4.78 is 5.78. The number of allylic oxidation sites excluding steroid dienone is 1. The second kappa shape index (κ2) is 6.00. The molecule has 134 valence electrons. The molecule has 1 aliphatic rings. The zero-order valence-electron chi connectivity index (χ0n) is 14.8. The highest BCUT2D eigenvalue weighted by Crippen LogP contribution is 2.43. The minimum atomic E-state index is -0.591. The summed E-state index contributed by atoms with van der Waals surface area (Å²) in [6.07, 6.45) is 0. The van der Waals surface area contributed by atoms with E-state index in [1.54, 1.807) is 0 Å². The number of benzene rings is 3. The van der Waals surface area contributed by atoms with Gasteiger partial charge in [-0.05, 0) is 28.5 Å². The predicted molar refractivity (Wildman–Crippen MR) is 108 cm³/mol. The molecular formula is C23H15N3O2. The Bertz CT molecular complexity index is 1390. The standard InChI is InChI=1S/C23H15N3O2/c24-12-17-19(15-10-9-13-5-1-2-6-14(13)11-15)20-21(28-22(17)25)16-7-3-4-8-18(16)26-23(20)27/h1-11,19H,25H2,(H,26,27).